The smallest absolute Gasteiger partial charge is 0.141 e. The van der Waals surface area contributed by atoms with Crippen LogP contribution in [0.25, 0.3) is 21.6 Å². The van der Waals surface area contributed by atoms with Gasteiger partial charge in [-0.1, -0.05) is 13.3 Å². The van der Waals surface area contributed by atoms with Gasteiger partial charge in [-0.2, -0.15) is 5.26 Å². The van der Waals surface area contributed by atoms with E-state index in [0.717, 1.165) is 39.5 Å². The van der Waals surface area contributed by atoms with Gasteiger partial charge < -0.3 is 4.98 Å². The van der Waals surface area contributed by atoms with E-state index in [2.05, 4.69) is 32.9 Å². The summed E-state index contributed by atoms with van der Waals surface area (Å²) in [5.41, 5.74) is 1.73. The monoisotopic (exact) mass is 297 g/mol. The third-order valence-corrected chi connectivity index (χ3v) is 4.60. The molecule has 0 aromatic carbocycles. The molecular weight excluding hydrogens is 282 g/mol. The van der Waals surface area contributed by atoms with E-state index < -0.39 is 0 Å². The van der Waals surface area contributed by atoms with Crippen LogP contribution in [0.4, 0.5) is 0 Å². The van der Waals surface area contributed by atoms with Crippen molar-refractivity contribution in [2.75, 3.05) is 0 Å². The molecule has 0 radical (unpaired) electrons. The molecule has 3 aromatic rings. The number of hydrogen-bond donors (Lipinski definition) is 1. The Balaban J connectivity index is 1.98. The quantitative estimate of drug-likeness (QED) is 0.775. The maximum atomic E-state index is 8.96. The van der Waals surface area contributed by atoms with Gasteiger partial charge in [-0.3, -0.25) is 0 Å². The summed E-state index contributed by atoms with van der Waals surface area (Å²) in [5.74, 6) is 0.224. The molecule has 5 nitrogen and oxygen atoms in total. The summed E-state index contributed by atoms with van der Waals surface area (Å²) in [6.45, 7) is 2.13. The Morgan fingerprint density at radius 2 is 2.29 bits per heavy atom. The van der Waals surface area contributed by atoms with Crippen LogP contribution >= 0.6 is 11.3 Å². The SMILES string of the molecule is CCCC(CC#N)c1ncc(-c2ncnc3[nH]ccc23)s1. The van der Waals surface area contributed by atoms with E-state index in [1.54, 1.807) is 17.7 Å². The zero-order chi connectivity index (χ0) is 14.7. The fraction of sp³-hybridized carbons (Fsp3) is 0.333. The first-order valence-corrected chi connectivity index (χ1v) is 7.76. The maximum absolute atomic E-state index is 8.96. The van der Waals surface area contributed by atoms with Crippen LogP contribution in [-0.2, 0) is 0 Å². The van der Waals surface area contributed by atoms with E-state index in [-0.39, 0.29) is 5.92 Å². The van der Waals surface area contributed by atoms with Crippen molar-refractivity contribution in [1.29, 1.82) is 5.26 Å². The van der Waals surface area contributed by atoms with Gasteiger partial charge >= 0.3 is 0 Å². The number of nitrogens with zero attached hydrogens (tertiary/aromatic N) is 4. The van der Waals surface area contributed by atoms with Gasteiger partial charge in [-0.05, 0) is 12.5 Å². The minimum absolute atomic E-state index is 0.224. The molecule has 6 heteroatoms. The molecule has 0 aliphatic rings. The van der Waals surface area contributed by atoms with E-state index in [0.29, 0.717) is 6.42 Å². The topological polar surface area (TPSA) is 78.2 Å². The number of H-pyrrole nitrogens is 1. The van der Waals surface area contributed by atoms with Crippen molar-refractivity contribution in [3.63, 3.8) is 0 Å². The van der Waals surface area contributed by atoms with Crippen molar-refractivity contribution in [2.24, 2.45) is 0 Å². The lowest BCUT2D eigenvalue weighted by Crippen LogP contribution is -1.96. The van der Waals surface area contributed by atoms with Crippen LogP contribution in [0.5, 0.6) is 0 Å². The van der Waals surface area contributed by atoms with Crippen LogP contribution in [0.1, 0.15) is 37.1 Å². The lowest BCUT2D eigenvalue weighted by molar-refractivity contribution is 0.622. The van der Waals surface area contributed by atoms with Crippen LogP contribution in [0, 0.1) is 11.3 Å². The number of fused-ring (bicyclic) bond motifs is 1. The molecule has 1 unspecified atom stereocenters. The Bertz CT molecular complexity index is 783. The average molecular weight is 297 g/mol. The molecule has 0 aliphatic heterocycles. The summed E-state index contributed by atoms with van der Waals surface area (Å²) in [4.78, 5) is 17.2. The molecule has 1 atom stereocenters. The van der Waals surface area contributed by atoms with Gasteiger partial charge in [0.2, 0.25) is 0 Å². The van der Waals surface area contributed by atoms with E-state index in [1.165, 1.54) is 0 Å². The number of aromatic nitrogens is 4. The highest BCUT2D eigenvalue weighted by Crippen LogP contribution is 2.34. The Kier molecular flexibility index (Phi) is 3.93. The van der Waals surface area contributed by atoms with Crippen LogP contribution in [0.15, 0.2) is 24.8 Å². The minimum Gasteiger partial charge on any atom is -0.346 e. The molecule has 3 rings (SSSR count). The van der Waals surface area contributed by atoms with Crippen LogP contribution in [0.3, 0.4) is 0 Å². The van der Waals surface area contributed by atoms with Crippen LogP contribution < -0.4 is 0 Å². The maximum Gasteiger partial charge on any atom is 0.141 e. The van der Waals surface area contributed by atoms with Crippen molar-refractivity contribution in [3.8, 4) is 16.6 Å². The summed E-state index contributed by atoms with van der Waals surface area (Å²) in [6.07, 6.45) is 7.84. The van der Waals surface area contributed by atoms with Crippen LogP contribution in [0.2, 0.25) is 0 Å². The molecule has 3 aromatic heterocycles. The standard InChI is InChI=1S/C15H15N5S/c1-2-3-10(4-6-16)15-18-8-12(21-15)13-11-5-7-17-14(11)20-9-19-13/h5,7-10H,2-4H2,1H3,(H,17,19,20). The van der Waals surface area contributed by atoms with Crippen molar-refractivity contribution in [2.45, 2.75) is 32.1 Å². The van der Waals surface area contributed by atoms with Gasteiger partial charge in [-0.15, -0.1) is 11.3 Å². The van der Waals surface area contributed by atoms with E-state index in [1.807, 2.05) is 18.5 Å². The fourth-order valence-corrected chi connectivity index (χ4v) is 3.49. The predicted octanol–water partition coefficient (Wildman–Crippen LogP) is 3.88. The molecule has 0 saturated carbocycles. The summed E-state index contributed by atoms with van der Waals surface area (Å²) in [6, 6.07) is 4.24. The zero-order valence-corrected chi connectivity index (χ0v) is 12.5. The van der Waals surface area contributed by atoms with Crippen molar-refractivity contribution >= 4 is 22.4 Å². The van der Waals surface area contributed by atoms with Crippen molar-refractivity contribution in [3.05, 3.63) is 29.8 Å². The zero-order valence-electron chi connectivity index (χ0n) is 11.7. The molecule has 0 spiro atoms. The molecule has 0 saturated heterocycles. The summed E-state index contributed by atoms with van der Waals surface area (Å²) >= 11 is 1.63. The lowest BCUT2D eigenvalue weighted by Gasteiger charge is -2.07. The normalized spacial score (nSPS) is 12.4. The fourth-order valence-electron chi connectivity index (χ4n) is 2.43. The molecule has 0 fully saturated rings. The average Bonchev–Trinajstić information content (AvgIpc) is 3.15. The number of thiazole rings is 1. The predicted molar refractivity (Wildman–Crippen MR) is 82.9 cm³/mol. The molecular formula is C15H15N5S. The third-order valence-electron chi connectivity index (χ3n) is 3.43. The first kappa shape index (κ1) is 13.7. The van der Waals surface area contributed by atoms with Crippen molar-refractivity contribution < 1.29 is 0 Å². The van der Waals surface area contributed by atoms with E-state index in [9.17, 15) is 0 Å². The second kappa shape index (κ2) is 6.02. The summed E-state index contributed by atoms with van der Waals surface area (Å²) in [5, 5.41) is 11.0. The molecule has 0 amide bonds. The third kappa shape index (κ3) is 2.65. The first-order chi connectivity index (χ1) is 10.3. The van der Waals surface area contributed by atoms with E-state index >= 15 is 0 Å². The Morgan fingerprint density at radius 1 is 1.38 bits per heavy atom. The first-order valence-electron chi connectivity index (χ1n) is 6.94. The molecule has 21 heavy (non-hydrogen) atoms. The second-order valence-electron chi connectivity index (χ2n) is 4.87. The molecule has 0 bridgehead atoms. The largest absolute Gasteiger partial charge is 0.346 e. The number of nitriles is 1. The van der Waals surface area contributed by atoms with Gasteiger partial charge in [0.1, 0.15) is 12.0 Å². The van der Waals surface area contributed by atoms with Gasteiger partial charge in [0.25, 0.3) is 0 Å². The van der Waals surface area contributed by atoms with Gasteiger partial charge in [-0.25, -0.2) is 15.0 Å². The van der Waals surface area contributed by atoms with Gasteiger partial charge in [0, 0.05) is 30.1 Å². The number of aromatic amines is 1. The summed E-state index contributed by atoms with van der Waals surface area (Å²) < 4.78 is 0. The number of hydrogen-bond acceptors (Lipinski definition) is 5. The second-order valence-corrected chi connectivity index (χ2v) is 5.94. The van der Waals surface area contributed by atoms with E-state index in [4.69, 9.17) is 5.26 Å². The van der Waals surface area contributed by atoms with Crippen LogP contribution in [-0.4, -0.2) is 19.9 Å². The Hall–Kier alpha value is -2.26. The molecule has 1 N–H and O–H groups in total. The number of nitrogens with one attached hydrogen (secondary N) is 1. The lowest BCUT2D eigenvalue weighted by atomic mass is 10.0. The molecule has 3 heterocycles. The molecule has 0 aliphatic carbocycles. The van der Waals surface area contributed by atoms with Crippen molar-refractivity contribution in [1.82, 2.24) is 19.9 Å². The highest BCUT2D eigenvalue weighted by atomic mass is 32.1. The van der Waals surface area contributed by atoms with Gasteiger partial charge in [0.05, 0.1) is 21.6 Å². The molecule has 106 valence electrons. The Morgan fingerprint density at radius 3 is 3.10 bits per heavy atom. The minimum atomic E-state index is 0.224. The Labute approximate surface area is 126 Å². The highest BCUT2D eigenvalue weighted by Gasteiger charge is 2.17. The number of rotatable bonds is 5. The highest BCUT2D eigenvalue weighted by molar-refractivity contribution is 7.15. The summed E-state index contributed by atoms with van der Waals surface area (Å²) in [7, 11) is 0. The van der Waals surface area contributed by atoms with Gasteiger partial charge in [0.15, 0.2) is 0 Å².